The SMILES string of the molecule is CCCC(=NC#N)N(C)[C@H]1c2cc(C#N)ccc2OC(C)(C)[C@@H]1O. The van der Waals surface area contributed by atoms with Crippen molar-refractivity contribution in [2.45, 2.75) is 51.4 Å². The molecule has 1 N–H and O–H groups in total. The van der Waals surface area contributed by atoms with Crippen LogP contribution in [0.25, 0.3) is 0 Å². The Labute approximate surface area is 142 Å². The van der Waals surface area contributed by atoms with Crippen LogP contribution in [0.2, 0.25) is 0 Å². The predicted molar refractivity (Wildman–Crippen MR) is 90.3 cm³/mol. The summed E-state index contributed by atoms with van der Waals surface area (Å²) < 4.78 is 5.92. The maximum atomic E-state index is 10.9. The van der Waals surface area contributed by atoms with Crippen molar-refractivity contribution in [1.29, 1.82) is 10.5 Å². The van der Waals surface area contributed by atoms with Crippen LogP contribution in [0.5, 0.6) is 5.75 Å². The average Bonchev–Trinajstić information content (AvgIpc) is 2.55. The average molecular weight is 326 g/mol. The Hall–Kier alpha value is -2.57. The molecule has 0 aromatic heterocycles. The van der Waals surface area contributed by atoms with E-state index in [1.807, 2.05) is 38.9 Å². The van der Waals surface area contributed by atoms with Crippen molar-refractivity contribution in [1.82, 2.24) is 4.90 Å². The van der Waals surface area contributed by atoms with E-state index in [4.69, 9.17) is 10.00 Å². The van der Waals surface area contributed by atoms with Crippen LogP contribution in [-0.2, 0) is 0 Å². The third-order valence-corrected chi connectivity index (χ3v) is 4.32. The van der Waals surface area contributed by atoms with Crippen molar-refractivity contribution in [2.24, 2.45) is 4.99 Å². The van der Waals surface area contributed by atoms with Gasteiger partial charge in [-0.05, 0) is 38.5 Å². The number of aliphatic imine (C=N–C) groups is 1. The number of amidine groups is 1. The topological polar surface area (TPSA) is 92.6 Å². The van der Waals surface area contributed by atoms with Gasteiger partial charge in [-0.3, -0.25) is 0 Å². The standard InChI is InChI=1S/C18H22N4O2/c1-5-6-15(21-11-20)22(4)16-13-9-12(10-19)7-8-14(13)24-18(2,3)17(16)23/h7-9,16-17,23H,5-6H2,1-4H3/t16-,17+/m0/s1. The summed E-state index contributed by atoms with van der Waals surface area (Å²) in [6.45, 7) is 5.65. The van der Waals surface area contributed by atoms with Crippen LogP contribution >= 0.6 is 0 Å². The van der Waals surface area contributed by atoms with Crippen LogP contribution < -0.4 is 4.74 Å². The van der Waals surface area contributed by atoms with Crippen molar-refractivity contribution < 1.29 is 9.84 Å². The number of aliphatic hydroxyl groups is 1. The Balaban J connectivity index is 2.57. The lowest BCUT2D eigenvalue weighted by atomic mass is 9.85. The van der Waals surface area contributed by atoms with Crippen molar-refractivity contribution in [3.8, 4) is 18.0 Å². The Bertz CT molecular complexity index is 728. The summed E-state index contributed by atoms with van der Waals surface area (Å²) in [7, 11) is 1.81. The van der Waals surface area contributed by atoms with Crippen LogP contribution in [0.15, 0.2) is 23.2 Å². The Morgan fingerprint density at radius 1 is 1.42 bits per heavy atom. The van der Waals surface area contributed by atoms with E-state index in [0.29, 0.717) is 23.6 Å². The quantitative estimate of drug-likeness (QED) is 0.524. The van der Waals surface area contributed by atoms with Gasteiger partial charge in [-0.25, -0.2) is 0 Å². The van der Waals surface area contributed by atoms with E-state index in [0.717, 1.165) is 12.0 Å². The second-order valence-corrected chi connectivity index (χ2v) is 6.45. The molecule has 2 atom stereocenters. The fourth-order valence-corrected chi connectivity index (χ4v) is 3.01. The number of benzene rings is 1. The molecule has 0 aliphatic carbocycles. The predicted octanol–water partition coefficient (Wildman–Crippen LogP) is 2.74. The number of hydrogen-bond donors (Lipinski definition) is 1. The summed E-state index contributed by atoms with van der Waals surface area (Å²) in [6, 6.07) is 6.84. The second kappa shape index (κ2) is 6.90. The first-order chi connectivity index (χ1) is 11.4. The van der Waals surface area contributed by atoms with E-state index in [9.17, 15) is 10.4 Å². The number of hydrogen-bond acceptors (Lipinski definition) is 5. The molecule has 0 saturated heterocycles. The van der Waals surface area contributed by atoms with Crippen LogP contribution in [0.1, 0.15) is 50.8 Å². The number of likely N-dealkylation sites (N-methyl/N-ethyl adjacent to an activating group) is 1. The minimum absolute atomic E-state index is 0.448. The lowest BCUT2D eigenvalue weighted by Crippen LogP contribution is -2.53. The third kappa shape index (κ3) is 3.20. The van der Waals surface area contributed by atoms with Gasteiger partial charge >= 0.3 is 0 Å². The molecule has 0 bridgehead atoms. The van der Waals surface area contributed by atoms with Gasteiger partial charge in [0.1, 0.15) is 23.3 Å². The number of rotatable bonds is 3. The summed E-state index contributed by atoms with van der Waals surface area (Å²) in [5.41, 5.74) is 0.423. The lowest BCUT2D eigenvalue weighted by molar-refractivity contribution is -0.0787. The molecule has 6 heteroatoms. The third-order valence-electron chi connectivity index (χ3n) is 4.32. The zero-order valence-electron chi connectivity index (χ0n) is 14.4. The molecule has 0 fully saturated rings. The number of fused-ring (bicyclic) bond motifs is 1. The first-order valence-corrected chi connectivity index (χ1v) is 7.95. The van der Waals surface area contributed by atoms with Gasteiger partial charge in [0.25, 0.3) is 0 Å². The lowest BCUT2D eigenvalue weighted by Gasteiger charge is -2.46. The highest BCUT2D eigenvalue weighted by Crippen LogP contribution is 2.43. The first kappa shape index (κ1) is 17.8. The molecular formula is C18H22N4O2. The molecule has 126 valence electrons. The molecule has 0 saturated carbocycles. The molecular weight excluding hydrogens is 304 g/mol. The van der Waals surface area contributed by atoms with Gasteiger partial charge in [0.15, 0.2) is 0 Å². The molecule has 0 radical (unpaired) electrons. The smallest absolute Gasteiger partial charge is 0.207 e. The summed E-state index contributed by atoms with van der Waals surface area (Å²) in [6.07, 6.45) is 2.45. The molecule has 0 amide bonds. The van der Waals surface area contributed by atoms with E-state index in [-0.39, 0.29) is 0 Å². The molecule has 0 spiro atoms. The van der Waals surface area contributed by atoms with Gasteiger partial charge in [0.2, 0.25) is 6.19 Å². The van der Waals surface area contributed by atoms with E-state index in [1.165, 1.54) is 0 Å². The minimum atomic E-state index is -0.843. The Morgan fingerprint density at radius 2 is 2.12 bits per heavy atom. The summed E-state index contributed by atoms with van der Waals surface area (Å²) in [5, 5.41) is 29.0. The molecule has 1 aliphatic heterocycles. The number of nitrogens with zero attached hydrogens (tertiary/aromatic N) is 4. The maximum Gasteiger partial charge on any atom is 0.207 e. The van der Waals surface area contributed by atoms with Crippen molar-refractivity contribution >= 4 is 5.84 Å². The molecule has 6 nitrogen and oxygen atoms in total. The highest BCUT2D eigenvalue weighted by molar-refractivity contribution is 5.83. The van der Waals surface area contributed by atoms with E-state index in [1.54, 1.807) is 18.2 Å². The Kier molecular flexibility index (Phi) is 5.11. The number of ether oxygens (including phenoxy) is 1. The van der Waals surface area contributed by atoms with Crippen LogP contribution in [0.4, 0.5) is 0 Å². The Morgan fingerprint density at radius 3 is 2.71 bits per heavy atom. The summed E-state index contributed by atoms with van der Waals surface area (Å²) >= 11 is 0. The molecule has 0 unspecified atom stereocenters. The van der Waals surface area contributed by atoms with Gasteiger partial charge in [0, 0.05) is 19.0 Å². The highest BCUT2D eigenvalue weighted by atomic mass is 16.5. The zero-order chi connectivity index (χ0) is 17.9. The van der Waals surface area contributed by atoms with Gasteiger partial charge in [-0.2, -0.15) is 15.5 Å². The first-order valence-electron chi connectivity index (χ1n) is 7.95. The molecule has 1 heterocycles. The number of nitriles is 2. The zero-order valence-corrected chi connectivity index (χ0v) is 14.4. The van der Waals surface area contributed by atoms with Crippen molar-refractivity contribution in [2.75, 3.05) is 7.05 Å². The van der Waals surface area contributed by atoms with Gasteiger partial charge in [0.05, 0.1) is 17.7 Å². The molecule has 24 heavy (non-hydrogen) atoms. The van der Waals surface area contributed by atoms with Gasteiger partial charge in [-0.1, -0.05) is 6.92 Å². The molecule has 2 rings (SSSR count). The van der Waals surface area contributed by atoms with Crippen molar-refractivity contribution in [3.05, 3.63) is 29.3 Å². The van der Waals surface area contributed by atoms with Crippen molar-refractivity contribution in [3.63, 3.8) is 0 Å². The monoisotopic (exact) mass is 326 g/mol. The normalized spacial score (nSPS) is 21.9. The van der Waals surface area contributed by atoms with Gasteiger partial charge in [-0.15, -0.1) is 0 Å². The summed E-state index contributed by atoms with van der Waals surface area (Å²) in [5.74, 6) is 1.24. The fourth-order valence-electron chi connectivity index (χ4n) is 3.01. The second-order valence-electron chi connectivity index (χ2n) is 6.45. The largest absolute Gasteiger partial charge is 0.485 e. The minimum Gasteiger partial charge on any atom is -0.485 e. The number of aliphatic hydroxyl groups excluding tert-OH is 1. The molecule has 1 aliphatic rings. The van der Waals surface area contributed by atoms with Crippen LogP contribution in [0.3, 0.4) is 0 Å². The van der Waals surface area contributed by atoms with E-state index >= 15 is 0 Å². The molecule has 1 aromatic carbocycles. The van der Waals surface area contributed by atoms with Crippen LogP contribution in [0, 0.1) is 22.8 Å². The maximum absolute atomic E-state index is 10.9. The van der Waals surface area contributed by atoms with Gasteiger partial charge < -0.3 is 14.7 Å². The van der Waals surface area contributed by atoms with E-state index < -0.39 is 17.7 Å². The molecule has 1 aromatic rings. The fraction of sp³-hybridized carbons (Fsp3) is 0.500. The highest BCUT2D eigenvalue weighted by Gasteiger charge is 2.45. The summed E-state index contributed by atoms with van der Waals surface area (Å²) in [4.78, 5) is 5.74. The van der Waals surface area contributed by atoms with Crippen LogP contribution in [-0.4, -0.2) is 34.6 Å². The van der Waals surface area contributed by atoms with E-state index in [2.05, 4.69) is 11.1 Å².